The summed E-state index contributed by atoms with van der Waals surface area (Å²) in [5, 5.41) is 16.0. The van der Waals surface area contributed by atoms with Crippen LogP contribution >= 0.6 is 0 Å². The van der Waals surface area contributed by atoms with Crippen LogP contribution in [0.15, 0.2) is 21.5 Å². The Hall–Kier alpha value is -1.03. The number of aliphatic hydroxyl groups is 1. The Morgan fingerprint density at radius 1 is 1.31 bits per heavy atom. The van der Waals surface area contributed by atoms with Gasteiger partial charge < -0.3 is 5.11 Å². The molecule has 1 rings (SSSR count). The van der Waals surface area contributed by atoms with E-state index in [2.05, 4.69) is 10.2 Å². The highest BCUT2D eigenvalue weighted by atomic mass is 16.3. The first-order chi connectivity index (χ1) is 5.96. The van der Waals surface area contributed by atoms with E-state index in [9.17, 15) is 4.79 Å². The maximum absolute atomic E-state index is 11.3. The maximum atomic E-state index is 11.3. The summed E-state index contributed by atoms with van der Waals surface area (Å²) in [6, 6.07) is 0. The molecule has 0 aromatic carbocycles. The highest BCUT2D eigenvalue weighted by molar-refractivity contribution is 5.97. The molecule has 0 atom stereocenters. The molecule has 4 heteroatoms. The van der Waals surface area contributed by atoms with E-state index in [0.29, 0.717) is 17.7 Å². The second kappa shape index (κ2) is 3.38. The van der Waals surface area contributed by atoms with Crippen molar-refractivity contribution in [3.8, 4) is 0 Å². The molecular formula is C9H14N2O2. The number of nitrogens with zero attached hydrogens (tertiary/aromatic N) is 2. The quantitative estimate of drug-likeness (QED) is 0.705. The number of hydrogen-bond acceptors (Lipinski definition) is 3. The monoisotopic (exact) mass is 182 g/mol. The number of hydrogen-bond donors (Lipinski definition) is 1. The summed E-state index contributed by atoms with van der Waals surface area (Å²) in [5.74, 6) is -0.268. The minimum atomic E-state index is -0.268. The largest absolute Gasteiger partial charge is 0.396 e. The fourth-order valence-corrected chi connectivity index (χ4v) is 1.36. The average molecular weight is 182 g/mol. The molecule has 13 heavy (non-hydrogen) atoms. The molecule has 0 spiro atoms. The van der Waals surface area contributed by atoms with E-state index in [1.54, 1.807) is 0 Å². The van der Waals surface area contributed by atoms with Crippen molar-refractivity contribution in [3.05, 3.63) is 11.3 Å². The summed E-state index contributed by atoms with van der Waals surface area (Å²) in [6.45, 7) is 5.82. The summed E-state index contributed by atoms with van der Waals surface area (Å²) in [4.78, 5) is 11.3. The van der Waals surface area contributed by atoms with E-state index < -0.39 is 0 Å². The predicted molar refractivity (Wildman–Crippen MR) is 48.0 cm³/mol. The van der Waals surface area contributed by atoms with Crippen LogP contribution < -0.4 is 0 Å². The first-order valence-electron chi connectivity index (χ1n) is 4.27. The lowest BCUT2D eigenvalue weighted by atomic mass is 9.84. The van der Waals surface area contributed by atoms with Crippen LogP contribution in [0, 0.1) is 5.41 Å². The average Bonchev–Trinajstić information content (AvgIpc) is 2.31. The van der Waals surface area contributed by atoms with Crippen LogP contribution in [0.3, 0.4) is 0 Å². The summed E-state index contributed by atoms with van der Waals surface area (Å²) in [6.07, 6.45) is 0.405. The van der Waals surface area contributed by atoms with Gasteiger partial charge in [0.25, 0.3) is 5.91 Å². The van der Waals surface area contributed by atoms with Crippen molar-refractivity contribution in [2.45, 2.75) is 27.2 Å². The van der Waals surface area contributed by atoms with Crippen LogP contribution in [-0.4, -0.2) is 17.6 Å². The molecule has 0 aliphatic carbocycles. The molecule has 0 unspecified atom stereocenters. The van der Waals surface area contributed by atoms with Crippen LogP contribution in [0.5, 0.6) is 0 Å². The Kier molecular flexibility index (Phi) is 2.61. The van der Waals surface area contributed by atoms with E-state index in [1.807, 2.05) is 20.8 Å². The van der Waals surface area contributed by atoms with Crippen molar-refractivity contribution in [1.29, 1.82) is 0 Å². The van der Waals surface area contributed by atoms with Crippen LogP contribution in [0.1, 0.15) is 27.2 Å². The van der Waals surface area contributed by atoms with Gasteiger partial charge in [0.15, 0.2) is 0 Å². The molecule has 0 fully saturated rings. The molecule has 0 bridgehead atoms. The zero-order valence-corrected chi connectivity index (χ0v) is 8.16. The van der Waals surface area contributed by atoms with Gasteiger partial charge in [-0.05, 0) is 5.41 Å². The Balaban J connectivity index is 3.02. The van der Waals surface area contributed by atoms with Gasteiger partial charge in [-0.25, -0.2) is 0 Å². The number of amides is 1. The van der Waals surface area contributed by atoms with Crippen molar-refractivity contribution in [1.82, 2.24) is 0 Å². The van der Waals surface area contributed by atoms with Gasteiger partial charge in [-0.2, -0.15) is 5.11 Å². The third kappa shape index (κ3) is 2.01. The lowest BCUT2D eigenvalue weighted by molar-refractivity contribution is -0.115. The fourth-order valence-electron chi connectivity index (χ4n) is 1.36. The standard InChI is InChI=1S/C9H14N2O2/c1-9(2,3)7-6(4-5-12)10-11-8(7)13/h12H,4-5H2,1-3H3. The van der Waals surface area contributed by atoms with Gasteiger partial charge in [0.1, 0.15) is 0 Å². The van der Waals surface area contributed by atoms with E-state index in [0.717, 1.165) is 0 Å². The molecule has 1 N–H and O–H groups in total. The zero-order valence-electron chi connectivity index (χ0n) is 8.16. The number of carbonyl (C=O) groups excluding carboxylic acids is 1. The van der Waals surface area contributed by atoms with Crippen molar-refractivity contribution in [2.24, 2.45) is 15.6 Å². The molecule has 0 saturated heterocycles. The third-order valence-corrected chi connectivity index (χ3v) is 1.86. The van der Waals surface area contributed by atoms with Gasteiger partial charge in [-0.3, -0.25) is 4.79 Å². The summed E-state index contributed by atoms with van der Waals surface area (Å²) in [5.41, 5.74) is 1.01. The summed E-state index contributed by atoms with van der Waals surface area (Å²) in [7, 11) is 0. The molecule has 1 aliphatic heterocycles. The van der Waals surface area contributed by atoms with Crippen molar-refractivity contribution in [2.75, 3.05) is 6.61 Å². The van der Waals surface area contributed by atoms with E-state index in [-0.39, 0.29) is 17.9 Å². The minimum Gasteiger partial charge on any atom is -0.396 e. The van der Waals surface area contributed by atoms with Crippen LogP contribution in [0.2, 0.25) is 0 Å². The number of aliphatic hydroxyl groups excluding tert-OH is 1. The number of rotatable bonds is 2. The van der Waals surface area contributed by atoms with Crippen LogP contribution in [-0.2, 0) is 4.79 Å². The number of azo groups is 1. The van der Waals surface area contributed by atoms with Gasteiger partial charge in [0, 0.05) is 18.6 Å². The Bertz CT molecular complexity index is 284. The third-order valence-electron chi connectivity index (χ3n) is 1.86. The maximum Gasteiger partial charge on any atom is 0.293 e. The van der Waals surface area contributed by atoms with Gasteiger partial charge in [0.2, 0.25) is 0 Å². The molecule has 1 heterocycles. The second-order valence-electron chi connectivity index (χ2n) is 4.05. The van der Waals surface area contributed by atoms with E-state index >= 15 is 0 Å². The molecule has 4 nitrogen and oxygen atoms in total. The van der Waals surface area contributed by atoms with Gasteiger partial charge >= 0.3 is 0 Å². The lowest BCUT2D eigenvalue weighted by Crippen LogP contribution is -2.16. The molecular weight excluding hydrogens is 168 g/mol. The molecule has 1 amide bonds. The smallest absolute Gasteiger partial charge is 0.293 e. The van der Waals surface area contributed by atoms with Crippen LogP contribution in [0.4, 0.5) is 0 Å². The summed E-state index contributed by atoms with van der Waals surface area (Å²) >= 11 is 0. The fraction of sp³-hybridized carbons (Fsp3) is 0.667. The first kappa shape index (κ1) is 10.1. The Morgan fingerprint density at radius 3 is 2.38 bits per heavy atom. The highest BCUT2D eigenvalue weighted by Gasteiger charge is 2.31. The Labute approximate surface area is 77.4 Å². The Morgan fingerprint density at radius 2 is 1.92 bits per heavy atom. The van der Waals surface area contributed by atoms with Crippen molar-refractivity contribution in [3.63, 3.8) is 0 Å². The molecule has 72 valence electrons. The van der Waals surface area contributed by atoms with Crippen molar-refractivity contribution < 1.29 is 9.90 Å². The van der Waals surface area contributed by atoms with Crippen molar-refractivity contribution >= 4 is 5.91 Å². The van der Waals surface area contributed by atoms with Crippen LogP contribution in [0.25, 0.3) is 0 Å². The van der Waals surface area contributed by atoms with E-state index in [4.69, 9.17) is 5.11 Å². The number of carbonyl (C=O) groups is 1. The highest BCUT2D eigenvalue weighted by Crippen LogP contribution is 2.34. The second-order valence-corrected chi connectivity index (χ2v) is 4.05. The summed E-state index contributed by atoms with van der Waals surface area (Å²) < 4.78 is 0. The van der Waals surface area contributed by atoms with Gasteiger partial charge in [-0.15, -0.1) is 5.11 Å². The lowest BCUT2D eigenvalue weighted by Gasteiger charge is -2.18. The van der Waals surface area contributed by atoms with Gasteiger partial charge in [0.05, 0.1) is 5.70 Å². The topological polar surface area (TPSA) is 62.0 Å². The molecule has 0 saturated carbocycles. The van der Waals surface area contributed by atoms with Gasteiger partial charge in [-0.1, -0.05) is 20.8 Å². The van der Waals surface area contributed by atoms with E-state index in [1.165, 1.54) is 0 Å². The SMILES string of the molecule is CC(C)(C)C1=C(CCO)N=NC1=O. The first-order valence-corrected chi connectivity index (χ1v) is 4.27. The zero-order chi connectivity index (χ0) is 10.1. The predicted octanol–water partition coefficient (Wildman–Crippen LogP) is 1.66. The molecule has 0 aromatic heterocycles. The molecule has 0 radical (unpaired) electrons. The minimum absolute atomic E-state index is 0.00120. The molecule has 0 aromatic rings. The normalized spacial score (nSPS) is 17.4. The molecule has 1 aliphatic rings.